The monoisotopic (exact) mass is 321 g/mol. The molecule has 23 heavy (non-hydrogen) atoms. The van der Waals surface area contributed by atoms with Crippen LogP contribution in [0.5, 0.6) is 11.5 Å². The molecular formula is C17H23NO5. The molecule has 0 saturated carbocycles. The molecule has 1 aromatic carbocycles. The minimum Gasteiger partial charge on any atom is -0.497 e. The van der Waals surface area contributed by atoms with Crippen LogP contribution in [-0.4, -0.2) is 51.7 Å². The summed E-state index contributed by atoms with van der Waals surface area (Å²) in [6.07, 6.45) is 3.09. The second-order valence-corrected chi connectivity index (χ2v) is 5.08. The molecule has 0 fully saturated rings. The highest BCUT2D eigenvalue weighted by Gasteiger charge is 2.17. The third-order valence-electron chi connectivity index (χ3n) is 3.37. The van der Waals surface area contributed by atoms with Gasteiger partial charge in [0.1, 0.15) is 11.5 Å². The van der Waals surface area contributed by atoms with Gasteiger partial charge in [-0.15, -0.1) is 0 Å². The fourth-order valence-electron chi connectivity index (χ4n) is 2.03. The van der Waals surface area contributed by atoms with Crippen molar-refractivity contribution in [2.24, 2.45) is 5.92 Å². The van der Waals surface area contributed by atoms with Gasteiger partial charge in [-0.05, 0) is 24.3 Å². The lowest BCUT2D eigenvalue weighted by atomic mass is 10.1. The average Bonchev–Trinajstić information content (AvgIpc) is 2.58. The predicted octanol–water partition coefficient (Wildman–Crippen LogP) is 1.98. The Hall–Kier alpha value is -2.50. The van der Waals surface area contributed by atoms with Gasteiger partial charge < -0.3 is 19.1 Å². The van der Waals surface area contributed by atoms with Crippen molar-refractivity contribution in [1.29, 1.82) is 0 Å². The molecule has 0 bridgehead atoms. The van der Waals surface area contributed by atoms with Crippen molar-refractivity contribution in [1.82, 2.24) is 4.90 Å². The molecule has 0 N–H and O–H groups in total. The molecule has 0 aliphatic heterocycles. The van der Waals surface area contributed by atoms with E-state index in [1.807, 2.05) is 0 Å². The predicted molar refractivity (Wildman–Crippen MR) is 87.4 cm³/mol. The standard InChI is InChI=1S/C17H23NO5/c1-12(17(20)23-5)11-18(2)16(19)9-6-13-10-14(21-3)7-8-15(13)22-4/h6-10,12H,11H2,1-5H3/b9-6+. The maximum atomic E-state index is 12.1. The summed E-state index contributed by atoms with van der Waals surface area (Å²) in [5.41, 5.74) is 0.731. The van der Waals surface area contributed by atoms with Crippen LogP contribution in [0.1, 0.15) is 12.5 Å². The van der Waals surface area contributed by atoms with E-state index in [9.17, 15) is 9.59 Å². The zero-order valence-electron chi connectivity index (χ0n) is 14.2. The Bertz CT molecular complexity index is 582. The molecule has 6 nitrogen and oxygen atoms in total. The molecule has 1 aromatic rings. The summed E-state index contributed by atoms with van der Waals surface area (Å²) < 4.78 is 15.1. The number of hydrogen-bond acceptors (Lipinski definition) is 5. The lowest BCUT2D eigenvalue weighted by Crippen LogP contribution is -2.33. The Labute approximate surface area is 136 Å². The van der Waals surface area contributed by atoms with Crippen LogP contribution in [0.25, 0.3) is 6.08 Å². The van der Waals surface area contributed by atoms with E-state index in [4.69, 9.17) is 9.47 Å². The van der Waals surface area contributed by atoms with Crippen LogP contribution in [0.4, 0.5) is 0 Å². The molecule has 0 aromatic heterocycles. The number of amides is 1. The largest absolute Gasteiger partial charge is 0.497 e. The molecule has 1 amide bonds. The number of nitrogens with zero attached hydrogens (tertiary/aromatic N) is 1. The summed E-state index contributed by atoms with van der Waals surface area (Å²) in [6, 6.07) is 5.33. The van der Waals surface area contributed by atoms with Crippen LogP contribution in [0.3, 0.4) is 0 Å². The summed E-state index contributed by atoms with van der Waals surface area (Å²) in [5, 5.41) is 0. The number of esters is 1. The number of carbonyl (C=O) groups is 2. The van der Waals surface area contributed by atoms with Crippen molar-refractivity contribution in [3.8, 4) is 11.5 Å². The summed E-state index contributed by atoms with van der Waals surface area (Å²) in [4.78, 5) is 25.0. The molecule has 0 aliphatic rings. The number of likely N-dealkylation sites (N-methyl/N-ethyl adjacent to an activating group) is 1. The van der Waals surface area contributed by atoms with Crippen LogP contribution in [-0.2, 0) is 14.3 Å². The van der Waals surface area contributed by atoms with Gasteiger partial charge in [0, 0.05) is 25.2 Å². The highest BCUT2D eigenvalue weighted by Crippen LogP contribution is 2.25. The van der Waals surface area contributed by atoms with Gasteiger partial charge in [0.2, 0.25) is 5.91 Å². The second-order valence-electron chi connectivity index (χ2n) is 5.08. The molecule has 1 atom stereocenters. The average molecular weight is 321 g/mol. The van der Waals surface area contributed by atoms with E-state index in [0.717, 1.165) is 5.56 Å². The van der Waals surface area contributed by atoms with Crippen molar-refractivity contribution in [3.05, 3.63) is 29.8 Å². The molecule has 0 spiro atoms. The minimum absolute atomic E-state index is 0.217. The van der Waals surface area contributed by atoms with Gasteiger partial charge in [0.25, 0.3) is 0 Å². The molecule has 0 heterocycles. The Morgan fingerprint density at radius 2 is 1.91 bits per heavy atom. The Morgan fingerprint density at radius 1 is 1.22 bits per heavy atom. The number of benzene rings is 1. The molecule has 126 valence electrons. The van der Waals surface area contributed by atoms with Gasteiger partial charge >= 0.3 is 5.97 Å². The molecule has 1 rings (SSSR count). The van der Waals surface area contributed by atoms with Crippen molar-refractivity contribution in [2.45, 2.75) is 6.92 Å². The summed E-state index contributed by atoms with van der Waals surface area (Å²) >= 11 is 0. The van der Waals surface area contributed by atoms with Crippen LogP contribution in [0.2, 0.25) is 0 Å². The fraction of sp³-hybridized carbons (Fsp3) is 0.412. The molecule has 0 saturated heterocycles. The molecule has 6 heteroatoms. The number of ether oxygens (including phenoxy) is 3. The highest BCUT2D eigenvalue weighted by atomic mass is 16.5. The minimum atomic E-state index is -0.381. The summed E-state index contributed by atoms with van der Waals surface area (Å²) in [5.74, 6) is 0.369. The van der Waals surface area contributed by atoms with Crippen LogP contribution in [0.15, 0.2) is 24.3 Å². The van der Waals surface area contributed by atoms with Crippen LogP contribution >= 0.6 is 0 Å². The van der Waals surface area contributed by atoms with E-state index >= 15 is 0 Å². The van der Waals surface area contributed by atoms with Gasteiger partial charge in [-0.3, -0.25) is 9.59 Å². The normalized spacial score (nSPS) is 11.9. The van der Waals surface area contributed by atoms with Crippen molar-refractivity contribution in [3.63, 3.8) is 0 Å². The number of hydrogen-bond donors (Lipinski definition) is 0. The first-order valence-electron chi connectivity index (χ1n) is 7.16. The first-order valence-corrected chi connectivity index (χ1v) is 7.16. The lowest BCUT2D eigenvalue weighted by Gasteiger charge is -2.18. The van der Waals surface area contributed by atoms with Gasteiger partial charge in [-0.1, -0.05) is 6.92 Å². The highest BCUT2D eigenvalue weighted by molar-refractivity contribution is 5.92. The fourth-order valence-corrected chi connectivity index (χ4v) is 2.03. The molecule has 0 aliphatic carbocycles. The van der Waals surface area contributed by atoms with Crippen molar-refractivity contribution >= 4 is 18.0 Å². The van der Waals surface area contributed by atoms with Crippen LogP contribution < -0.4 is 9.47 Å². The lowest BCUT2D eigenvalue weighted by molar-refractivity contribution is -0.145. The molecule has 0 radical (unpaired) electrons. The van der Waals surface area contributed by atoms with Crippen molar-refractivity contribution < 1.29 is 23.8 Å². The molecule has 1 unspecified atom stereocenters. The Morgan fingerprint density at radius 3 is 2.48 bits per heavy atom. The van der Waals surface area contributed by atoms with Gasteiger partial charge in [0.05, 0.1) is 27.2 Å². The third-order valence-corrected chi connectivity index (χ3v) is 3.37. The maximum absolute atomic E-state index is 12.1. The Balaban J connectivity index is 2.80. The van der Waals surface area contributed by atoms with E-state index in [1.165, 1.54) is 18.1 Å². The van der Waals surface area contributed by atoms with Gasteiger partial charge in [-0.25, -0.2) is 0 Å². The third kappa shape index (κ3) is 5.32. The van der Waals surface area contributed by atoms with E-state index in [-0.39, 0.29) is 24.3 Å². The SMILES string of the molecule is COC(=O)C(C)CN(C)C(=O)/C=C/c1cc(OC)ccc1OC. The summed E-state index contributed by atoms with van der Waals surface area (Å²) in [7, 11) is 6.10. The Kier molecular flexibility index (Phi) is 7.12. The number of carbonyl (C=O) groups excluding carboxylic acids is 2. The number of rotatable bonds is 7. The smallest absolute Gasteiger partial charge is 0.310 e. The summed E-state index contributed by atoms with van der Waals surface area (Å²) in [6.45, 7) is 2.00. The zero-order chi connectivity index (χ0) is 17.4. The van der Waals surface area contributed by atoms with Crippen molar-refractivity contribution in [2.75, 3.05) is 34.9 Å². The maximum Gasteiger partial charge on any atom is 0.310 e. The molecular weight excluding hydrogens is 298 g/mol. The van der Waals surface area contributed by atoms with Gasteiger partial charge in [0.15, 0.2) is 0 Å². The second kappa shape index (κ2) is 8.82. The quantitative estimate of drug-likeness (QED) is 0.567. The van der Waals surface area contributed by atoms with E-state index < -0.39 is 0 Å². The van der Waals surface area contributed by atoms with E-state index in [2.05, 4.69) is 4.74 Å². The first kappa shape index (κ1) is 18.5. The van der Waals surface area contributed by atoms with E-state index in [0.29, 0.717) is 11.5 Å². The van der Waals surface area contributed by atoms with Gasteiger partial charge in [-0.2, -0.15) is 0 Å². The van der Waals surface area contributed by atoms with E-state index in [1.54, 1.807) is 52.5 Å². The number of methoxy groups -OCH3 is 3. The first-order chi connectivity index (χ1) is 10.9. The van der Waals surface area contributed by atoms with Crippen LogP contribution in [0, 0.1) is 5.92 Å². The topological polar surface area (TPSA) is 65.1 Å². The zero-order valence-corrected chi connectivity index (χ0v) is 14.2.